The van der Waals surface area contributed by atoms with Crippen molar-refractivity contribution in [3.63, 3.8) is 0 Å². The molecule has 1 aromatic heterocycles. The zero-order chi connectivity index (χ0) is 21.4. The minimum absolute atomic E-state index is 0.0140. The second-order valence-electron chi connectivity index (χ2n) is 10.5. The molecule has 5 heteroatoms. The van der Waals surface area contributed by atoms with Gasteiger partial charge in [-0.3, -0.25) is 0 Å². The number of carbonyl (C=O) groups is 1. The van der Waals surface area contributed by atoms with Crippen LogP contribution in [0.15, 0.2) is 18.2 Å². The van der Waals surface area contributed by atoms with Crippen LogP contribution in [-0.4, -0.2) is 25.8 Å². The third-order valence-electron chi connectivity index (χ3n) is 5.94. The average molecular weight is 398 g/mol. The first kappa shape index (κ1) is 21.5. The molecule has 0 bridgehead atoms. The molecule has 1 aliphatic rings. The molecule has 0 spiro atoms. The highest BCUT2D eigenvalue weighted by Crippen LogP contribution is 2.34. The summed E-state index contributed by atoms with van der Waals surface area (Å²) >= 11 is 0. The Hall–Kier alpha value is -2.17. The number of carboxylic acid groups (broad SMARTS) is 1. The molecule has 2 aromatic rings. The maximum Gasteiger partial charge on any atom is 0.375 e. The van der Waals surface area contributed by atoms with Gasteiger partial charge in [0, 0.05) is 12.1 Å². The van der Waals surface area contributed by atoms with Crippen molar-refractivity contribution in [3.05, 3.63) is 35.2 Å². The summed E-state index contributed by atoms with van der Waals surface area (Å²) in [6.45, 7) is 14.0. The quantitative estimate of drug-likeness (QED) is 0.706. The number of carboxylic acids is 1. The fourth-order valence-corrected chi connectivity index (χ4v) is 4.01. The van der Waals surface area contributed by atoms with Gasteiger partial charge in [-0.25, -0.2) is 14.5 Å². The van der Waals surface area contributed by atoms with Crippen LogP contribution in [0.3, 0.4) is 0 Å². The standard InChI is InChI=1S/C24H35N3O2/c1-23(2,3)18-12-17(13-19(14-18)24(4,5)6)21-25-20(22(28)29)26-27(21)15-16-10-8-7-9-11-16/h12-14,16H,7-11,15H2,1-6H3,(H,28,29). The lowest BCUT2D eigenvalue weighted by molar-refractivity contribution is 0.0683. The highest BCUT2D eigenvalue weighted by Gasteiger charge is 2.25. The van der Waals surface area contributed by atoms with E-state index >= 15 is 0 Å². The lowest BCUT2D eigenvalue weighted by atomic mass is 9.79. The van der Waals surface area contributed by atoms with E-state index in [2.05, 4.69) is 69.8 Å². The first-order chi connectivity index (χ1) is 13.4. The molecule has 5 nitrogen and oxygen atoms in total. The van der Waals surface area contributed by atoms with Gasteiger partial charge in [0.25, 0.3) is 5.82 Å². The van der Waals surface area contributed by atoms with Crippen molar-refractivity contribution in [1.82, 2.24) is 14.8 Å². The van der Waals surface area contributed by atoms with E-state index in [1.54, 1.807) is 0 Å². The van der Waals surface area contributed by atoms with E-state index in [9.17, 15) is 9.90 Å². The van der Waals surface area contributed by atoms with Crippen LogP contribution >= 0.6 is 0 Å². The molecule has 29 heavy (non-hydrogen) atoms. The van der Waals surface area contributed by atoms with Crippen molar-refractivity contribution in [2.45, 2.75) is 91.0 Å². The van der Waals surface area contributed by atoms with Gasteiger partial charge in [-0.1, -0.05) is 66.9 Å². The van der Waals surface area contributed by atoms with Crippen LogP contribution in [0.4, 0.5) is 0 Å². The highest BCUT2D eigenvalue weighted by atomic mass is 16.4. The number of hydrogen-bond donors (Lipinski definition) is 1. The number of nitrogens with zero attached hydrogens (tertiary/aromatic N) is 3. The molecule has 1 fully saturated rings. The maximum absolute atomic E-state index is 11.6. The molecule has 0 radical (unpaired) electrons. The van der Waals surface area contributed by atoms with Gasteiger partial charge in [0.2, 0.25) is 0 Å². The lowest BCUT2D eigenvalue weighted by Gasteiger charge is -2.26. The van der Waals surface area contributed by atoms with Crippen molar-refractivity contribution in [1.29, 1.82) is 0 Å². The van der Waals surface area contributed by atoms with Gasteiger partial charge in [0.1, 0.15) is 0 Å². The Kier molecular flexibility index (Phi) is 5.88. The molecule has 1 saturated carbocycles. The summed E-state index contributed by atoms with van der Waals surface area (Å²) in [5, 5.41) is 13.9. The van der Waals surface area contributed by atoms with E-state index < -0.39 is 5.97 Å². The zero-order valence-electron chi connectivity index (χ0n) is 18.7. The minimum atomic E-state index is -1.07. The Labute approximate surface area is 174 Å². The second-order valence-corrected chi connectivity index (χ2v) is 10.5. The van der Waals surface area contributed by atoms with Gasteiger partial charge in [0.15, 0.2) is 5.82 Å². The van der Waals surface area contributed by atoms with Crippen LogP contribution in [0.1, 0.15) is 95.4 Å². The van der Waals surface area contributed by atoms with Crippen molar-refractivity contribution in [2.24, 2.45) is 5.92 Å². The van der Waals surface area contributed by atoms with Gasteiger partial charge in [0.05, 0.1) is 0 Å². The summed E-state index contributed by atoms with van der Waals surface area (Å²) in [5.74, 6) is 0.0225. The second kappa shape index (κ2) is 7.92. The molecule has 0 unspecified atom stereocenters. The minimum Gasteiger partial charge on any atom is -0.475 e. The highest BCUT2D eigenvalue weighted by molar-refractivity contribution is 5.83. The van der Waals surface area contributed by atoms with E-state index in [0.29, 0.717) is 11.7 Å². The van der Waals surface area contributed by atoms with Crippen molar-refractivity contribution >= 4 is 5.97 Å². The average Bonchev–Trinajstić information content (AvgIpc) is 3.05. The van der Waals surface area contributed by atoms with E-state index in [1.165, 1.54) is 43.2 Å². The normalized spacial score (nSPS) is 16.2. The van der Waals surface area contributed by atoms with Crippen molar-refractivity contribution < 1.29 is 9.90 Å². The smallest absolute Gasteiger partial charge is 0.375 e. The molecule has 1 aliphatic carbocycles. The van der Waals surface area contributed by atoms with E-state index in [4.69, 9.17) is 0 Å². The fraction of sp³-hybridized carbons (Fsp3) is 0.625. The Morgan fingerprint density at radius 3 is 2.03 bits per heavy atom. The van der Waals surface area contributed by atoms with E-state index in [-0.39, 0.29) is 16.7 Å². The Morgan fingerprint density at radius 2 is 1.55 bits per heavy atom. The van der Waals surface area contributed by atoms with Crippen LogP contribution in [0.2, 0.25) is 0 Å². The SMILES string of the molecule is CC(C)(C)c1cc(-c2nc(C(=O)O)nn2CC2CCCCC2)cc(C(C)(C)C)c1. The van der Waals surface area contributed by atoms with Gasteiger partial charge in [-0.05, 0) is 52.8 Å². The molecule has 158 valence electrons. The lowest BCUT2D eigenvalue weighted by Crippen LogP contribution is -2.18. The predicted molar refractivity (Wildman–Crippen MR) is 116 cm³/mol. The molecule has 0 amide bonds. The summed E-state index contributed by atoms with van der Waals surface area (Å²) in [7, 11) is 0. The molecule has 0 atom stereocenters. The largest absolute Gasteiger partial charge is 0.475 e. The maximum atomic E-state index is 11.6. The summed E-state index contributed by atoms with van der Waals surface area (Å²) in [6.07, 6.45) is 6.14. The van der Waals surface area contributed by atoms with E-state index in [1.807, 2.05) is 4.68 Å². The van der Waals surface area contributed by atoms with Gasteiger partial charge >= 0.3 is 5.97 Å². The molecular weight excluding hydrogens is 362 g/mol. The van der Waals surface area contributed by atoms with Gasteiger partial charge < -0.3 is 5.11 Å². The molecule has 0 saturated heterocycles. The van der Waals surface area contributed by atoms with Crippen LogP contribution in [0.5, 0.6) is 0 Å². The summed E-state index contributed by atoms with van der Waals surface area (Å²) in [6, 6.07) is 6.58. The van der Waals surface area contributed by atoms with Crippen LogP contribution < -0.4 is 0 Å². The fourth-order valence-electron chi connectivity index (χ4n) is 4.01. The topological polar surface area (TPSA) is 68.0 Å². The monoisotopic (exact) mass is 397 g/mol. The third-order valence-corrected chi connectivity index (χ3v) is 5.94. The predicted octanol–water partition coefficient (Wildman–Crippen LogP) is 5.82. The summed E-state index contributed by atoms with van der Waals surface area (Å²) in [5.41, 5.74) is 3.38. The molecule has 1 N–H and O–H groups in total. The third kappa shape index (κ3) is 5.06. The Morgan fingerprint density at radius 1 is 1.00 bits per heavy atom. The number of hydrogen-bond acceptors (Lipinski definition) is 3. The molecule has 1 heterocycles. The van der Waals surface area contributed by atoms with Crippen molar-refractivity contribution in [2.75, 3.05) is 0 Å². The Balaban J connectivity index is 2.11. The summed E-state index contributed by atoms with van der Waals surface area (Å²) < 4.78 is 1.84. The van der Waals surface area contributed by atoms with Crippen LogP contribution in [0, 0.1) is 5.92 Å². The van der Waals surface area contributed by atoms with Crippen LogP contribution in [-0.2, 0) is 17.4 Å². The number of benzene rings is 1. The molecule has 3 rings (SSSR count). The first-order valence-corrected chi connectivity index (χ1v) is 10.8. The Bertz CT molecular complexity index is 846. The number of aromatic nitrogens is 3. The molecule has 0 aliphatic heterocycles. The summed E-state index contributed by atoms with van der Waals surface area (Å²) in [4.78, 5) is 16.0. The van der Waals surface area contributed by atoms with Crippen LogP contribution in [0.25, 0.3) is 11.4 Å². The molecular formula is C24H35N3O2. The molecule has 1 aromatic carbocycles. The van der Waals surface area contributed by atoms with Crippen molar-refractivity contribution in [3.8, 4) is 11.4 Å². The number of rotatable bonds is 4. The first-order valence-electron chi connectivity index (χ1n) is 10.8. The van der Waals surface area contributed by atoms with Gasteiger partial charge in [-0.15, -0.1) is 5.10 Å². The van der Waals surface area contributed by atoms with Gasteiger partial charge in [-0.2, -0.15) is 0 Å². The number of aromatic carboxylic acids is 1. The van der Waals surface area contributed by atoms with E-state index in [0.717, 1.165) is 12.1 Å². The zero-order valence-corrected chi connectivity index (χ0v) is 18.7.